The number of hydrogen-bond acceptors (Lipinski definition) is 1. The van der Waals surface area contributed by atoms with Crippen LogP contribution < -0.4 is 0 Å². The van der Waals surface area contributed by atoms with E-state index in [2.05, 4.69) is 31.1 Å². The van der Waals surface area contributed by atoms with Crippen molar-refractivity contribution in [1.82, 2.24) is 4.90 Å². The minimum Gasteiger partial charge on any atom is -0.307 e. The summed E-state index contributed by atoms with van der Waals surface area (Å²) in [6.45, 7) is 0.973. The summed E-state index contributed by atoms with van der Waals surface area (Å²) in [6.07, 6.45) is 0. The normalized spacial score (nSPS) is 9.36. The molecule has 1 aromatic rings. The average molecular weight is 182 g/mol. The fourth-order valence-electron chi connectivity index (χ4n) is 0.870. The Morgan fingerprint density at radius 1 is 1.36 bits per heavy atom. The van der Waals surface area contributed by atoms with E-state index in [1.54, 1.807) is 0 Å². The second-order valence-electron chi connectivity index (χ2n) is 2.63. The van der Waals surface area contributed by atoms with E-state index in [1.807, 2.05) is 18.2 Å². The summed E-state index contributed by atoms with van der Waals surface area (Å²) in [7, 11) is 4.11. The van der Waals surface area contributed by atoms with E-state index in [1.165, 1.54) is 5.56 Å². The van der Waals surface area contributed by atoms with Gasteiger partial charge in [-0.05, 0) is 14.1 Å². The molecular weight excluding hydrogens is 170 g/mol. The molecule has 2 heteroatoms. The Labute approximate surface area is 83.3 Å². The Bertz CT molecular complexity index is 184. The van der Waals surface area contributed by atoms with Crippen molar-refractivity contribution >= 4 is 0 Å². The summed E-state index contributed by atoms with van der Waals surface area (Å²) in [5, 5.41) is 0. The zero-order valence-corrected chi connectivity index (χ0v) is 8.53. The minimum atomic E-state index is 0. The molecule has 0 aromatic heterocycles. The molecule has 0 unspecified atom stereocenters. The Balaban J connectivity index is 0.000001000. The molecule has 0 amide bonds. The molecule has 11 heavy (non-hydrogen) atoms. The largest absolute Gasteiger partial charge is 0.307 e. The van der Waals surface area contributed by atoms with Crippen LogP contribution in [-0.4, -0.2) is 19.0 Å². The Kier molecular flexibility index (Phi) is 5.48. The van der Waals surface area contributed by atoms with E-state index in [4.69, 9.17) is 0 Å². The monoisotopic (exact) mass is 182 g/mol. The quantitative estimate of drug-likeness (QED) is 0.495. The maximum absolute atomic E-state index is 3.16. The van der Waals surface area contributed by atoms with Gasteiger partial charge < -0.3 is 4.90 Å². The molecule has 0 bridgehead atoms. The average Bonchev–Trinajstić information content (AvgIpc) is 1.88. The van der Waals surface area contributed by atoms with Crippen LogP contribution in [0.1, 0.15) is 5.56 Å². The van der Waals surface area contributed by atoms with Gasteiger partial charge in [0, 0.05) is 28.3 Å². The maximum atomic E-state index is 3.16. The van der Waals surface area contributed by atoms with Crippen molar-refractivity contribution in [2.75, 3.05) is 14.1 Å². The molecule has 0 N–H and O–H groups in total. The zero-order valence-electron chi connectivity index (χ0n) is 6.96. The van der Waals surface area contributed by atoms with E-state index in [0.717, 1.165) is 6.54 Å². The molecule has 0 atom stereocenters. The van der Waals surface area contributed by atoms with Gasteiger partial charge in [-0.3, -0.25) is 0 Å². The van der Waals surface area contributed by atoms with Crippen LogP contribution in [0.4, 0.5) is 0 Å². The molecule has 0 aliphatic heterocycles. The third-order valence-electron chi connectivity index (χ3n) is 1.26. The van der Waals surface area contributed by atoms with Crippen LogP contribution in [0.5, 0.6) is 0 Å². The molecule has 0 heterocycles. The molecule has 0 saturated heterocycles. The summed E-state index contributed by atoms with van der Waals surface area (Å²) in [5.41, 5.74) is 1.24. The van der Waals surface area contributed by atoms with Gasteiger partial charge in [0.25, 0.3) is 0 Å². The first-order valence-electron chi connectivity index (χ1n) is 3.39. The van der Waals surface area contributed by atoms with Gasteiger partial charge >= 0.3 is 0 Å². The van der Waals surface area contributed by atoms with E-state index in [-0.39, 0.29) is 21.7 Å². The van der Waals surface area contributed by atoms with Crippen molar-refractivity contribution in [2.24, 2.45) is 0 Å². The third-order valence-corrected chi connectivity index (χ3v) is 1.26. The first-order valence-corrected chi connectivity index (χ1v) is 3.39. The summed E-state index contributed by atoms with van der Waals surface area (Å²) < 4.78 is 0. The zero-order chi connectivity index (χ0) is 7.40. The van der Waals surface area contributed by atoms with Gasteiger partial charge in [0.2, 0.25) is 0 Å². The van der Waals surface area contributed by atoms with E-state index < -0.39 is 0 Å². The Morgan fingerprint density at radius 3 is 2.55 bits per heavy atom. The van der Waals surface area contributed by atoms with E-state index in [0.29, 0.717) is 0 Å². The molecule has 0 saturated carbocycles. The molecule has 58 valence electrons. The second kappa shape index (κ2) is 5.53. The van der Waals surface area contributed by atoms with Crippen molar-refractivity contribution in [3.63, 3.8) is 0 Å². The minimum absolute atomic E-state index is 0. The van der Waals surface area contributed by atoms with Crippen molar-refractivity contribution in [1.29, 1.82) is 0 Å². The number of rotatable bonds is 2. The first-order chi connectivity index (χ1) is 4.79. The van der Waals surface area contributed by atoms with E-state index >= 15 is 0 Å². The molecule has 1 nitrogen and oxygen atoms in total. The molecule has 0 fully saturated rings. The maximum Gasteiger partial charge on any atom is 0.000120 e. The Morgan fingerprint density at radius 2 is 2.09 bits per heavy atom. The van der Waals surface area contributed by atoms with Gasteiger partial charge in [-0.2, -0.15) is 30.3 Å². The van der Waals surface area contributed by atoms with E-state index in [9.17, 15) is 0 Å². The third kappa shape index (κ3) is 4.36. The molecular formula is C9H12NTi-. The van der Waals surface area contributed by atoms with Crippen molar-refractivity contribution in [3.8, 4) is 0 Å². The molecule has 0 aliphatic carbocycles. The number of hydrogen-bond donors (Lipinski definition) is 0. The van der Waals surface area contributed by atoms with Gasteiger partial charge in [0.1, 0.15) is 0 Å². The van der Waals surface area contributed by atoms with Crippen LogP contribution in [0, 0.1) is 6.07 Å². The van der Waals surface area contributed by atoms with Crippen molar-refractivity contribution in [3.05, 3.63) is 35.9 Å². The van der Waals surface area contributed by atoms with Crippen LogP contribution in [0.3, 0.4) is 0 Å². The van der Waals surface area contributed by atoms with Crippen LogP contribution >= 0.6 is 0 Å². The summed E-state index contributed by atoms with van der Waals surface area (Å²) in [5.74, 6) is 0. The number of nitrogens with zero attached hydrogens (tertiary/aromatic N) is 1. The SMILES string of the molecule is CN(C)Cc1[c-]cccc1.[Ti]. The molecule has 1 rings (SSSR count). The van der Waals surface area contributed by atoms with Crippen molar-refractivity contribution in [2.45, 2.75) is 6.54 Å². The summed E-state index contributed by atoms with van der Waals surface area (Å²) in [6, 6.07) is 11.2. The second-order valence-corrected chi connectivity index (χ2v) is 2.63. The smallest absolute Gasteiger partial charge is 0.000120 e. The van der Waals surface area contributed by atoms with Gasteiger partial charge in [-0.15, -0.1) is 5.56 Å². The molecule has 1 aromatic carbocycles. The topological polar surface area (TPSA) is 3.24 Å². The van der Waals surface area contributed by atoms with Crippen LogP contribution in [0.25, 0.3) is 0 Å². The van der Waals surface area contributed by atoms with Gasteiger partial charge in [-0.25, -0.2) is 0 Å². The van der Waals surface area contributed by atoms with Crippen LogP contribution in [-0.2, 0) is 28.3 Å². The molecule has 0 spiro atoms. The first kappa shape index (κ1) is 10.9. The fourth-order valence-corrected chi connectivity index (χ4v) is 0.870. The van der Waals surface area contributed by atoms with Crippen LogP contribution in [0.2, 0.25) is 0 Å². The molecule has 0 radical (unpaired) electrons. The fraction of sp³-hybridized carbons (Fsp3) is 0.333. The molecule has 0 aliphatic rings. The standard InChI is InChI=1S/C9H12N.Ti/c1-10(2)8-9-6-4-3-5-7-9;/h3-6H,8H2,1-2H3;/q-1;. The summed E-state index contributed by atoms with van der Waals surface area (Å²) in [4.78, 5) is 2.13. The van der Waals surface area contributed by atoms with Gasteiger partial charge in [-0.1, -0.05) is 0 Å². The number of benzene rings is 1. The Hall–Kier alpha value is -0.106. The van der Waals surface area contributed by atoms with Crippen LogP contribution in [0.15, 0.2) is 24.3 Å². The van der Waals surface area contributed by atoms with Gasteiger partial charge in [0.15, 0.2) is 0 Å². The summed E-state index contributed by atoms with van der Waals surface area (Å²) >= 11 is 0. The predicted octanol–water partition coefficient (Wildman–Crippen LogP) is 1.55. The predicted molar refractivity (Wildman–Crippen MR) is 42.7 cm³/mol. The van der Waals surface area contributed by atoms with Crippen molar-refractivity contribution < 1.29 is 21.7 Å². The van der Waals surface area contributed by atoms with Gasteiger partial charge in [0.05, 0.1) is 0 Å².